The highest BCUT2D eigenvalue weighted by Crippen LogP contribution is 2.38. The molecule has 1 N–H and O–H groups in total. The Balaban J connectivity index is 0.00000264. The van der Waals surface area contributed by atoms with Crippen molar-refractivity contribution >= 4 is 24.8 Å². The topological polar surface area (TPSA) is 24.5 Å². The molecule has 1 aromatic rings. The van der Waals surface area contributed by atoms with Crippen LogP contribution in [0.3, 0.4) is 0 Å². The number of nitrogens with zero attached hydrogens (tertiary/aromatic N) is 1. The maximum Gasteiger partial charge on any atom is 0.123 e. The van der Waals surface area contributed by atoms with Crippen molar-refractivity contribution in [3.05, 3.63) is 29.3 Å². The average Bonchev–Trinajstić information content (AvgIpc) is 2.55. The van der Waals surface area contributed by atoms with Gasteiger partial charge in [0.05, 0.1) is 7.11 Å². The van der Waals surface area contributed by atoms with Gasteiger partial charge in [0.2, 0.25) is 0 Å². The van der Waals surface area contributed by atoms with Crippen LogP contribution in [0.25, 0.3) is 0 Å². The maximum absolute atomic E-state index is 5.70. The van der Waals surface area contributed by atoms with Crippen molar-refractivity contribution in [1.29, 1.82) is 0 Å². The third-order valence-corrected chi connectivity index (χ3v) is 4.97. The number of hydrogen-bond donors (Lipinski definition) is 1. The van der Waals surface area contributed by atoms with Crippen molar-refractivity contribution in [1.82, 2.24) is 10.2 Å². The molecule has 0 saturated carbocycles. The molecule has 1 saturated heterocycles. The van der Waals surface area contributed by atoms with Gasteiger partial charge in [0, 0.05) is 37.8 Å². The molecule has 1 fully saturated rings. The van der Waals surface area contributed by atoms with E-state index in [1.807, 2.05) is 0 Å². The van der Waals surface area contributed by atoms with E-state index in [1.165, 1.54) is 17.5 Å². The van der Waals surface area contributed by atoms with Gasteiger partial charge in [-0.25, -0.2) is 0 Å². The molecule has 3 nitrogen and oxygen atoms in total. The molecule has 0 spiro atoms. The Morgan fingerprint density at radius 3 is 2.25 bits per heavy atom. The SMILES string of the molecule is CCC(C)[C@@H](c1cc(C(C)C)ccc1OC)N1CCNCC1.Cl.Cl. The second kappa shape index (κ2) is 11.2. The molecule has 2 atom stereocenters. The lowest BCUT2D eigenvalue weighted by atomic mass is 9.87. The van der Waals surface area contributed by atoms with Gasteiger partial charge in [-0.05, 0) is 23.5 Å². The van der Waals surface area contributed by atoms with Crippen LogP contribution in [0, 0.1) is 5.92 Å². The van der Waals surface area contributed by atoms with Crippen molar-refractivity contribution in [2.75, 3.05) is 33.3 Å². The van der Waals surface area contributed by atoms with E-state index < -0.39 is 0 Å². The predicted molar refractivity (Wildman–Crippen MR) is 108 cm³/mol. The van der Waals surface area contributed by atoms with Gasteiger partial charge in [-0.15, -0.1) is 24.8 Å². The highest BCUT2D eigenvalue weighted by atomic mass is 35.5. The Morgan fingerprint density at radius 2 is 1.75 bits per heavy atom. The number of nitrogens with one attached hydrogen (secondary N) is 1. The normalized spacial score (nSPS) is 17.6. The van der Waals surface area contributed by atoms with Gasteiger partial charge in [0.25, 0.3) is 0 Å². The third kappa shape index (κ3) is 5.52. The fourth-order valence-corrected chi connectivity index (χ4v) is 3.39. The first-order chi connectivity index (χ1) is 10.6. The lowest BCUT2D eigenvalue weighted by Gasteiger charge is -2.39. The van der Waals surface area contributed by atoms with Crippen LogP contribution in [0.15, 0.2) is 18.2 Å². The van der Waals surface area contributed by atoms with Gasteiger partial charge >= 0.3 is 0 Å². The summed E-state index contributed by atoms with van der Waals surface area (Å²) in [6.07, 6.45) is 1.18. The Kier molecular flexibility index (Phi) is 11.0. The molecule has 0 aromatic heterocycles. The van der Waals surface area contributed by atoms with Crippen LogP contribution >= 0.6 is 24.8 Å². The number of rotatable bonds is 6. The highest BCUT2D eigenvalue weighted by molar-refractivity contribution is 5.85. The molecule has 1 unspecified atom stereocenters. The molecule has 1 aliphatic heterocycles. The van der Waals surface area contributed by atoms with E-state index in [1.54, 1.807) is 7.11 Å². The maximum atomic E-state index is 5.70. The Labute approximate surface area is 160 Å². The molecule has 140 valence electrons. The van der Waals surface area contributed by atoms with Crippen molar-refractivity contribution in [3.63, 3.8) is 0 Å². The molecular weight excluding hydrogens is 343 g/mol. The zero-order chi connectivity index (χ0) is 16.1. The molecule has 2 rings (SSSR count). The van der Waals surface area contributed by atoms with E-state index >= 15 is 0 Å². The number of methoxy groups -OCH3 is 1. The number of halogens is 2. The van der Waals surface area contributed by atoms with Crippen molar-refractivity contribution in [2.24, 2.45) is 5.92 Å². The van der Waals surface area contributed by atoms with E-state index in [4.69, 9.17) is 4.74 Å². The quantitative estimate of drug-likeness (QED) is 0.781. The van der Waals surface area contributed by atoms with Crippen molar-refractivity contribution < 1.29 is 4.74 Å². The molecule has 5 heteroatoms. The van der Waals surface area contributed by atoms with Crippen LogP contribution in [0.1, 0.15) is 57.2 Å². The van der Waals surface area contributed by atoms with Crippen LogP contribution in [0.5, 0.6) is 5.75 Å². The summed E-state index contributed by atoms with van der Waals surface area (Å²) in [5.74, 6) is 2.20. The lowest BCUT2D eigenvalue weighted by Crippen LogP contribution is -2.46. The van der Waals surface area contributed by atoms with Gasteiger partial charge in [0.1, 0.15) is 5.75 Å². The zero-order valence-electron chi connectivity index (χ0n) is 15.7. The summed E-state index contributed by atoms with van der Waals surface area (Å²) in [4.78, 5) is 2.63. The molecule has 0 bridgehead atoms. The summed E-state index contributed by atoms with van der Waals surface area (Å²) >= 11 is 0. The Morgan fingerprint density at radius 1 is 1.12 bits per heavy atom. The molecule has 24 heavy (non-hydrogen) atoms. The minimum atomic E-state index is 0. The first-order valence-corrected chi connectivity index (χ1v) is 8.71. The minimum absolute atomic E-state index is 0. The summed E-state index contributed by atoms with van der Waals surface area (Å²) in [5.41, 5.74) is 2.77. The smallest absolute Gasteiger partial charge is 0.123 e. The molecule has 0 aliphatic carbocycles. The molecule has 0 amide bonds. The van der Waals surface area contributed by atoms with Crippen LogP contribution in [0.2, 0.25) is 0 Å². The third-order valence-electron chi connectivity index (χ3n) is 4.97. The monoisotopic (exact) mass is 376 g/mol. The molecular formula is C19H34Cl2N2O. The van der Waals surface area contributed by atoms with Gasteiger partial charge in [-0.2, -0.15) is 0 Å². The predicted octanol–water partition coefficient (Wildman–Crippen LogP) is 4.65. The second-order valence-corrected chi connectivity index (χ2v) is 6.77. The molecule has 0 radical (unpaired) electrons. The highest BCUT2D eigenvalue weighted by Gasteiger charge is 2.29. The van der Waals surface area contributed by atoms with Gasteiger partial charge < -0.3 is 10.1 Å². The number of piperazine rings is 1. The molecule has 1 aromatic carbocycles. The van der Waals surface area contributed by atoms with Crippen molar-refractivity contribution in [2.45, 2.75) is 46.1 Å². The van der Waals surface area contributed by atoms with Gasteiger partial charge in [0.15, 0.2) is 0 Å². The van der Waals surface area contributed by atoms with E-state index in [0.717, 1.165) is 31.9 Å². The van der Waals surface area contributed by atoms with Gasteiger partial charge in [-0.3, -0.25) is 4.90 Å². The number of hydrogen-bond acceptors (Lipinski definition) is 3. The van der Waals surface area contributed by atoms with Gasteiger partial charge in [-0.1, -0.05) is 46.2 Å². The summed E-state index contributed by atoms with van der Waals surface area (Å²) in [5, 5.41) is 3.46. The molecule has 1 aliphatic rings. The Hall–Kier alpha value is -0.480. The second-order valence-electron chi connectivity index (χ2n) is 6.77. The number of ether oxygens (including phenoxy) is 1. The lowest BCUT2D eigenvalue weighted by molar-refractivity contribution is 0.126. The fourth-order valence-electron chi connectivity index (χ4n) is 3.39. The van der Waals surface area contributed by atoms with E-state index in [9.17, 15) is 0 Å². The number of benzene rings is 1. The largest absolute Gasteiger partial charge is 0.496 e. The summed E-state index contributed by atoms with van der Waals surface area (Å²) < 4.78 is 5.70. The summed E-state index contributed by atoms with van der Waals surface area (Å²) in [6, 6.07) is 7.18. The van der Waals surface area contributed by atoms with E-state index in [0.29, 0.717) is 17.9 Å². The summed E-state index contributed by atoms with van der Waals surface area (Å²) in [6.45, 7) is 13.6. The minimum Gasteiger partial charge on any atom is -0.496 e. The van der Waals surface area contributed by atoms with Crippen molar-refractivity contribution in [3.8, 4) is 5.75 Å². The zero-order valence-corrected chi connectivity index (χ0v) is 17.3. The van der Waals surface area contributed by atoms with E-state index in [2.05, 4.69) is 56.1 Å². The van der Waals surface area contributed by atoms with Crippen LogP contribution in [-0.2, 0) is 0 Å². The standard InChI is InChI=1S/C19H32N2O.2ClH/c1-6-15(4)19(21-11-9-20-10-12-21)17-13-16(14(2)3)7-8-18(17)22-5;;/h7-8,13-15,19-20H,6,9-12H2,1-5H3;2*1H/t15?,19-;;/m0../s1. The fraction of sp³-hybridized carbons (Fsp3) is 0.684. The van der Waals surface area contributed by atoms with Crippen LogP contribution in [-0.4, -0.2) is 38.2 Å². The van der Waals surface area contributed by atoms with Crippen LogP contribution in [0.4, 0.5) is 0 Å². The first-order valence-electron chi connectivity index (χ1n) is 8.71. The van der Waals surface area contributed by atoms with E-state index in [-0.39, 0.29) is 24.8 Å². The Bertz CT molecular complexity index is 476. The first kappa shape index (κ1) is 23.5. The molecule has 1 heterocycles. The summed E-state index contributed by atoms with van der Waals surface area (Å²) in [7, 11) is 1.79. The van der Waals surface area contributed by atoms with Crippen LogP contribution < -0.4 is 10.1 Å². The average molecular weight is 377 g/mol.